The van der Waals surface area contributed by atoms with Crippen LogP contribution in [0, 0.1) is 0 Å². The number of anilines is 1. The van der Waals surface area contributed by atoms with E-state index in [0.29, 0.717) is 8.95 Å². The maximum Gasteiger partial charge on any atom is 0.261 e. The summed E-state index contributed by atoms with van der Waals surface area (Å²) in [6.07, 6.45) is 0. The first-order valence-corrected chi connectivity index (χ1v) is 8.75. The van der Waals surface area contributed by atoms with Crippen molar-refractivity contribution >= 4 is 53.5 Å². The smallest absolute Gasteiger partial charge is 0.261 e. The number of nitrogens with two attached hydrogens (primary N) is 1. The molecule has 1 amide bonds. The lowest BCUT2D eigenvalue weighted by Gasteiger charge is -2.13. The van der Waals surface area contributed by atoms with Gasteiger partial charge in [-0.05, 0) is 40.2 Å². The highest BCUT2D eigenvalue weighted by molar-refractivity contribution is 9.11. The monoisotopic (exact) mass is 432 g/mol. The molecule has 0 unspecified atom stereocenters. The molecule has 2 aromatic rings. The predicted octanol–water partition coefficient (Wildman–Crippen LogP) is 3.11. The number of sulfonamides is 1. The van der Waals surface area contributed by atoms with Gasteiger partial charge in [0.1, 0.15) is 0 Å². The average molecular weight is 434 g/mol. The van der Waals surface area contributed by atoms with E-state index in [-0.39, 0.29) is 16.1 Å². The molecule has 0 heterocycles. The number of hydrogen-bond acceptors (Lipinski definition) is 3. The van der Waals surface area contributed by atoms with Gasteiger partial charge in [-0.2, -0.15) is 0 Å². The highest BCUT2D eigenvalue weighted by Crippen LogP contribution is 2.32. The Morgan fingerprint density at radius 2 is 1.71 bits per heavy atom. The van der Waals surface area contributed by atoms with Gasteiger partial charge in [0, 0.05) is 8.95 Å². The SMILES string of the molecule is NC(=O)c1cc(Br)cc(Br)c1NS(=O)(=O)c1ccccc1. The second-order valence-electron chi connectivity index (χ2n) is 4.09. The number of benzene rings is 2. The normalized spacial score (nSPS) is 11.1. The van der Waals surface area contributed by atoms with E-state index in [0.717, 1.165) is 0 Å². The Hall–Kier alpha value is -1.38. The van der Waals surface area contributed by atoms with Gasteiger partial charge >= 0.3 is 0 Å². The lowest BCUT2D eigenvalue weighted by molar-refractivity contribution is 0.100. The summed E-state index contributed by atoms with van der Waals surface area (Å²) in [7, 11) is -3.81. The standard InChI is InChI=1S/C13H10Br2N2O3S/c14-8-6-10(13(16)18)12(11(15)7-8)17-21(19,20)9-4-2-1-3-5-9/h1-7,17H,(H2,16,18). The predicted molar refractivity (Wildman–Crippen MR) is 87.6 cm³/mol. The van der Waals surface area contributed by atoms with Gasteiger partial charge in [0.15, 0.2) is 0 Å². The number of primary amides is 1. The maximum atomic E-state index is 12.3. The highest BCUT2D eigenvalue weighted by Gasteiger charge is 2.20. The molecule has 0 atom stereocenters. The van der Waals surface area contributed by atoms with E-state index in [2.05, 4.69) is 36.6 Å². The zero-order valence-electron chi connectivity index (χ0n) is 10.5. The van der Waals surface area contributed by atoms with Crippen molar-refractivity contribution in [2.24, 2.45) is 5.73 Å². The molecule has 3 N–H and O–H groups in total. The molecule has 0 spiro atoms. The molecule has 8 heteroatoms. The van der Waals surface area contributed by atoms with Crippen molar-refractivity contribution in [2.45, 2.75) is 4.90 Å². The van der Waals surface area contributed by atoms with E-state index in [1.54, 1.807) is 24.3 Å². The van der Waals surface area contributed by atoms with E-state index in [1.165, 1.54) is 18.2 Å². The summed E-state index contributed by atoms with van der Waals surface area (Å²) in [6.45, 7) is 0. The Balaban J connectivity index is 2.52. The van der Waals surface area contributed by atoms with E-state index in [4.69, 9.17) is 5.73 Å². The highest BCUT2D eigenvalue weighted by atomic mass is 79.9. The summed E-state index contributed by atoms with van der Waals surface area (Å²) in [5, 5.41) is 0. The molecular weight excluding hydrogens is 424 g/mol. The zero-order chi connectivity index (χ0) is 15.6. The molecule has 0 aliphatic carbocycles. The number of nitrogens with one attached hydrogen (secondary N) is 1. The molecule has 0 aliphatic heterocycles. The Labute approximate surface area is 138 Å². The molecule has 0 aromatic heterocycles. The number of rotatable bonds is 4. The fourth-order valence-corrected chi connectivity index (χ4v) is 4.24. The second-order valence-corrected chi connectivity index (χ2v) is 7.55. The first-order valence-electron chi connectivity index (χ1n) is 5.68. The van der Waals surface area contributed by atoms with Crippen LogP contribution in [0.3, 0.4) is 0 Å². The van der Waals surface area contributed by atoms with E-state index in [9.17, 15) is 13.2 Å². The van der Waals surface area contributed by atoms with Crippen molar-refractivity contribution in [2.75, 3.05) is 4.72 Å². The summed E-state index contributed by atoms with van der Waals surface area (Å²) in [6, 6.07) is 10.9. The Kier molecular flexibility index (Phi) is 4.70. The molecule has 0 fully saturated rings. The van der Waals surface area contributed by atoms with Gasteiger partial charge in [-0.3, -0.25) is 9.52 Å². The minimum Gasteiger partial charge on any atom is -0.366 e. The third-order valence-electron chi connectivity index (χ3n) is 2.61. The quantitative estimate of drug-likeness (QED) is 0.776. The van der Waals surface area contributed by atoms with Crippen molar-refractivity contribution < 1.29 is 13.2 Å². The van der Waals surface area contributed by atoms with Crippen LogP contribution in [-0.4, -0.2) is 14.3 Å². The minimum absolute atomic E-state index is 0.0655. The first-order chi connectivity index (χ1) is 9.81. The van der Waals surface area contributed by atoms with Crippen molar-refractivity contribution in [3.05, 3.63) is 57.0 Å². The number of carbonyl (C=O) groups is 1. The Morgan fingerprint density at radius 3 is 2.29 bits per heavy atom. The number of hydrogen-bond donors (Lipinski definition) is 2. The number of halogens is 2. The molecule has 0 aliphatic rings. The van der Waals surface area contributed by atoms with Gasteiger partial charge in [0.2, 0.25) is 0 Å². The number of amides is 1. The van der Waals surface area contributed by atoms with Crippen LogP contribution in [0.1, 0.15) is 10.4 Å². The van der Waals surface area contributed by atoms with Gasteiger partial charge in [0.05, 0.1) is 16.1 Å². The van der Waals surface area contributed by atoms with E-state index >= 15 is 0 Å². The van der Waals surface area contributed by atoms with Crippen molar-refractivity contribution in [3.8, 4) is 0 Å². The van der Waals surface area contributed by atoms with Crippen LogP contribution in [0.5, 0.6) is 0 Å². The molecule has 5 nitrogen and oxygen atoms in total. The molecule has 0 saturated carbocycles. The molecule has 0 saturated heterocycles. The summed E-state index contributed by atoms with van der Waals surface area (Å²) in [4.78, 5) is 11.6. The summed E-state index contributed by atoms with van der Waals surface area (Å²) >= 11 is 6.45. The Morgan fingerprint density at radius 1 is 1.10 bits per heavy atom. The van der Waals surface area contributed by atoms with Gasteiger partial charge in [-0.25, -0.2) is 8.42 Å². The van der Waals surface area contributed by atoms with Crippen LogP contribution >= 0.6 is 31.9 Å². The van der Waals surface area contributed by atoms with Crippen LogP contribution < -0.4 is 10.5 Å². The largest absolute Gasteiger partial charge is 0.366 e. The van der Waals surface area contributed by atoms with Gasteiger partial charge in [0.25, 0.3) is 15.9 Å². The molecular formula is C13H10Br2N2O3S. The second kappa shape index (κ2) is 6.17. The maximum absolute atomic E-state index is 12.3. The van der Waals surface area contributed by atoms with Crippen molar-refractivity contribution in [1.29, 1.82) is 0 Å². The summed E-state index contributed by atoms with van der Waals surface area (Å²) < 4.78 is 28.0. The van der Waals surface area contributed by atoms with E-state index in [1.807, 2.05) is 0 Å². The summed E-state index contributed by atoms with van der Waals surface area (Å²) in [5.74, 6) is -0.734. The first kappa shape index (κ1) is 16.0. The van der Waals surface area contributed by atoms with E-state index < -0.39 is 15.9 Å². The van der Waals surface area contributed by atoms with Crippen molar-refractivity contribution in [3.63, 3.8) is 0 Å². The molecule has 2 aromatic carbocycles. The number of carbonyl (C=O) groups excluding carboxylic acids is 1. The lowest BCUT2D eigenvalue weighted by Crippen LogP contribution is -2.19. The topological polar surface area (TPSA) is 89.3 Å². The molecule has 2 rings (SSSR count). The van der Waals surface area contributed by atoms with Crippen LogP contribution in [0.4, 0.5) is 5.69 Å². The van der Waals surface area contributed by atoms with Gasteiger partial charge in [-0.1, -0.05) is 34.1 Å². The third kappa shape index (κ3) is 3.63. The third-order valence-corrected chi connectivity index (χ3v) is 5.06. The molecule has 110 valence electrons. The van der Waals surface area contributed by atoms with Crippen LogP contribution in [0.2, 0.25) is 0 Å². The van der Waals surface area contributed by atoms with Gasteiger partial charge in [-0.15, -0.1) is 0 Å². The average Bonchev–Trinajstić information content (AvgIpc) is 2.42. The van der Waals surface area contributed by atoms with Crippen LogP contribution in [-0.2, 0) is 10.0 Å². The lowest BCUT2D eigenvalue weighted by atomic mass is 10.2. The fourth-order valence-electron chi connectivity index (χ4n) is 1.66. The minimum atomic E-state index is -3.81. The van der Waals surface area contributed by atoms with Crippen molar-refractivity contribution in [1.82, 2.24) is 0 Å². The molecule has 21 heavy (non-hydrogen) atoms. The van der Waals surface area contributed by atoms with Gasteiger partial charge < -0.3 is 5.73 Å². The zero-order valence-corrected chi connectivity index (χ0v) is 14.5. The summed E-state index contributed by atoms with van der Waals surface area (Å²) in [5.41, 5.74) is 5.47. The molecule has 0 radical (unpaired) electrons. The molecule has 0 bridgehead atoms. The Bertz CT molecular complexity index is 793. The van der Waals surface area contributed by atoms with Crippen LogP contribution in [0.15, 0.2) is 56.3 Å². The fraction of sp³-hybridized carbons (Fsp3) is 0. The van der Waals surface area contributed by atoms with Crippen LogP contribution in [0.25, 0.3) is 0 Å².